The molecule has 5 nitrogen and oxygen atoms in total. The average Bonchev–Trinajstić information content (AvgIpc) is 2.87. The first-order valence-corrected chi connectivity index (χ1v) is 6.09. The van der Waals surface area contributed by atoms with E-state index in [0.717, 1.165) is 0 Å². The summed E-state index contributed by atoms with van der Waals surface area (Å²) < 4.78 is 4.90. The number of nitrogens with zero attached hydrogens (tertiary/aromatic N) is 3. The van der Waals surface area contributed by atoms with E-state index < -0.39 is 0 Å². The third-order valence-electron chi connectivity index (χ3n) is 1.98. The van der Waals surface area contributed by atoms with Crippen LogP contribution in [0, 0.1) is 0 Å². The number of hydrogen-bond acceptors (Lipinski definition) is 6. The highest BCUT2D eigenvalue weighted by molar-refractivity contribution is 7.13. The maximum absolute atomic E-state index is 11.3. The van der Waals surface area contributed by atoms with Gasteiger partial charge in [0.2, 0.25) is 5.88 Å². The van der Waals surface area contributed by atoms with Crippen LogP contribution in [-0.2, 0) is 0 Å². The van der Waals surface area contributed by atoms with Crippen LogP contribution in [0.1, 0.15) is 10.5 Å². The molecule has 0 atom stereocenters. The van der Waals surface area contributed by atoms with E-state index in [1.54, 1.807) is 17.5 Å². The molecule has 2 heterocycles. The second-order valence-electron chi connectivity index (χ2n) is 3.06. The van der Waals surface area contributed by atoms with Gasteiger partial charge in [0.05, 0.1) is 13.0 Å². The first kappa shape index (κ1) is 11.9. The van der Waals surface area contributed by atoms with Gasteiger partial charge in [0.25, 0.3) is 0 Å². The number of carbonyl (C=O) groups is 1. The molecule has 0 fully saturated rings. The van der Waals surface area contributed by atoms with E-state index in [-0.39, 0.29) is 11.7 Å². The molecule has 88 valence electrons. The number of ketones is 1. The standard InChI is InChI=1S/C10H8ClN3O2S/c1-16-9-3-2-6(13-14-9)10-12-7(5-17-10)8(15)4-11/h2-3,5H,4H2,1H3. The summed E-state index contributed by atoms with van der Waals surface area (Å²) in [5, 5.41) is 10.1. The maximum atomic E-state index is 11.3. The Morgan fingerprint density at radius 2 is 2.29 bits per heavy atom. The van der Waals surface area contributed by atoms with Crippen molar-refractivity contribution in [3.8, 4) is 16.6 Å². The number of rotatable bonds is 4. The minimum absolute atomic E-state index is 0.0720. The number of halogens is 1. The van der Waals surface area contributed by atoms with Gasteiger partial charge in [-0.1, -0.05) is 0 Å². The Hall–Kier alpha value is -1.53. The lowest BCUT2D eigenvalue weighted by Gasteiger charge is -1.97. The monoisotopic (exact) mass is 269 g/mol. The van der Waals surface area contributed by atoms with Crippen molar-refractivity contribution in [1.29, 1.82) is 0 Å². The van der Waals surface area contributed by atoms with Crippen molar-refractivity contribution in [2.45, 2.75) is 0 Å². The molecule has 0 saturated heterocycles. The number of Topliss-reactive ketones (excluding diaryl/α,β-unsaturated/α-hetero) is 1. The van der Waals surface area contributed by atoms with Crippen LogP contribution in [-0.4, -0.2) is 34.0 Å². The zero-order valence-electron chi connectivity index (χ0n) is 8.88. The van der Waals surface area contributed by atoms with E-state index in [1.807, 2.05) is 0 Å². The Balaban J connectivity index is 2.27. The molecule has 2 rings (SSSR count). The van der Waals surface area contributed by atoms with E-state index in [2.05, 4.69) is 15.2 Å². The normalized spacial score (nSPS) is 10.2. The van der Waals surface area contributed by atoms with Gasteiger partial charge < -0.3 is 4.74 Å². The van der Waals surface area contributed by atoms with Gasteiger partial charge >= 0.3 is 0 Å². The average molecular weight is 270 g/mol. The van der Waals surface area contributed by atoms with Crippen molar-refractivity contribution >= 4 is 28.7 Å². The highest BCUT2D eigenvalue weighted by atomic mass is 35.5. The van der Waals surface area contributed by atoms with Crippen molar-refractivity contribution in [2.75, 3.05) is 13.0 Å². The van der Waals surface area contributed by atoms with Gasteiger partial charge in [-0.2, -0.15) is 0 Å². The molecule has 17 heavy (non-hydrogen) atoms. The molecule has 0 spiro atoms. The highest BCUT2D eigenvalue weighted by Crippen LogP contribution is 2.22. The van der Waals surface area contributed by atoms with Gasteiger partial charge in [-0.3, -0.25) is 4.79 Å². The van der Waals surface area contributed by atoms with Gasteiger partial charge in [0.1, 0.15) is 16.4 Å². The number of ether oxygens (including phenoxy) is 1. The minimum Gasteiger partial charge on any atom is -0.480 e. The molecule has 0 amide bonds. The molecule has 0 radical (unpaired) electrons. The van der Waals surface area contributed by atoms with E-state index in [9.17, 15) is 4.79 Å². The molecule has 0 saturated carbocycles. The molecule has 2 aromatic heterocycles. The molecule has 0 unspecified atom stereocenters. The summed E-state index contributed by atoms with van der Waals surface area (Å²) in [6.07, 6.45) is 0. The lowest BCUT2D eigenvalue weighted by molar-refractivity contribution is 0.101. The van der Waals surface area contributed by atoms with Gasteiger partial charge in [0.15, 0.2) is 5.78 Å². The molecule has 7 heteroatoms. The van der Waals surface area contributed by atoms with Gasteiger partial charge in [0, 0.05) is 11.4 Å². The Morgan fingerprint density at radius 3 is 2.88 bits per heavy atom. The number of alkyl halides is 1. The number of thiazole rings is 1. The lowest BCUT2D eigenvalue weighted by atomic mass is 10.3. The molecular formula is C10H8ClN3O2S. The zero-order valence-corrected chi connectivity index (χ0v) is 10.5. The van der Waals surface area contributed by atoms with Gasteiger partial charge in [-0.05, 0) is 6.07 Å². The van der Waals surface area contributed by atoms with Crippen LogP contribution in [0.25, 0.3) is 10.7 Å². The Bertz CT molecular complexity index is 527. The van der Waals surface area contributed by atoms with Crippen LogP contribution in [0.3, 0.4) is 0 Å². The highest BCUT2D eigenvalue weighted by Gasteiger charge is 2.11. The number of methoxy groups -OCH3 is 1. The number of hydrogen-bond donors (Lipinski definition) is 0. The first-order valence-electron chi connectivity index (χ1n) is 4.67. The molecule has 0 N–H and O–H groups in total. The molecule has 0 aromatic carbocycles. The fourth-order valence-corrected chi connectivity index (χ4v) is 2.06. The summed E-state index contributed by atoms with van der Waals surface area (Å²) in [5.41, 5.74) is 0.960. The molecule has 0 bridgehead atoms. The summed E-state index contributed by atoms with van der Waals surface area (Å²) in [7, 11) is 1.52. The van der Waals surface area contributed by atoms with Crippen molar-refractivity contribution in [1.82, 2.24) is 15.2 Å². The Morgan fingerprint density at radius 1 is 1.47 bits per heavy atom. The minimum atomic E-state index is -0.198. The van der Waals surface area contributed by atoms with Crippen molar-refractivity contribution in [3.05, 3.63) is 23.2 Å². The van der Waals surface area contributed by atoms with Crippen LogP contribution in [0.5, 0.6) is 5.88 Å². The predicted molar refractivity (Wildman–Crippen MR) is 64.7 cm³/mol. The van der Waals surface area contributed by atoms with E-state index in [0.29, 0.717) is 22.3 Å². The predicted octanol–water partition coefficient (Wildman–Crippen LogP) is 2.03. The molecular weight excluding hydrogens is 262 g/mol. The van der Waals surface area contributed by atoms with Gasteiger partial charge in [-0.25, -0.2) is 4.98 Å². The van der Waals surface area contributed by atoms with Crippen LogP contribution < -0.4 is 4.74 Å². The quantitative estimate of drug-likeness (QED) is 0.628. The zero-order chi connectivity index (χ0) is 12.3. The number of aromatic nitrogens is 3. The Kier molecular flexibility index (Phi) is 3.65. The topological polar surface area (TPSA) is 65.0 Å². The van der Waals surface area contributed by atoms with E-state index in [4.69, 9.17) is 16.3 Å². The fraction of sp³-hybridized carbons (Fsp3) is 0.200. The molecule has 0 aliphatic rings. The summed E-state index contributed by atoms with van der Waals surface area (Å²) in [5.74, 6) is 0.162. The van der Waals surface area contributed by atoms with Crippen molar-refractivity contribution in [3.63, 3.8) is 0 Å². The van der Waals surface area contributed by atoms with Gasteiger partial charge in [-0.15, -0.1) is 33.1 Å². The third kappa shape index (κ3) is 2.59. The van der Waals surface area contributed by atoms with Crippen LogP contribution in [0.4, 0.5) is 0 Å². The van der Waals surface area contributed by atoms with E-state index in [1.165, 1.54) is 18.4 Å². The summed E-state index contributed by atoms with van der Waals surface area (Å²) >= 11 is 6.78. The second-order valence-corrected chi connectivity index (χ2v) is 4.18. The fourth-order valence-electron chi connectivity index (χ4n) is 1.13. The molecule has 0 aliphatic heterocycles. The second kappa shape index (κ2) is 5.20. The van der Waals surface area contributed by atoms with Crippen LogP contribution in [0.2, 0.25) is 0 Å². The summed E-state index contributed by atoms with van der Waals surface area (Å²) in [4.78, 5) is 15.5. The third-order valence-corrected chi connectivity index (χ3v) is 3.09. The van der Waals surface area contributed by atoms with E-state index >= 15 is 0 Å². The molecule has 2 aromatic rings. The van der Waals surface area contributed by atoms with Crippen molar-refractivity contribution in [2.24, 2.45) is 0 Å². The molecule has 0 aliphatic carbocycles. The summed E-state index contributed by atoms with van der Waals surface area (Å²) in [6, 6.07) is 3.42. The number of carbonyl (C=O) groups excluding carboxylic acids is 1. The SMILES string of the molecule is COc1ccc(-c2nc(C(=O)CCl)cs2)nn1. The smallest absolute Gasteiger partial charge is 0.233 e. The van der Waals surface area contributed by atoms with Crippen molar-refractivity contribution < 1.29 is 9.53 Å². The first-order chi connectivity index (χ1) is 8.24. The largest absolute Gasteiger partial charge is 0.480 e. The summed E-state index contributed by atoms with van der Waals surface area (Å²) in [6.45, 7) is 0. The lowest BCUT2D eigenvalue weighted by Crippen LogP contribution is -2.00. The van der Waals surface area contributed by atoms with Crippen LogP contribution >= 0.6 is 22.9 Å². The maximum Gasteiger partial charge on any atom is 0.233 e. The van der Waals surface area contributed by atoms with Crippen LogP contribution in [0.15, 0.2) is 17.5 Å². The Labute approximate surface area is 106 Å².